The predicted molar refractivity (Wildman–Crippen MR) is 165 cm³/mol. The van der Waals surface area contributed by atoms with Gasteiger partial charge in [-0.3, -0.25) is 14.8 Å². The number of carbonyl (C=O) groups is 2. The van der Waals surface area contributed by atoms with Crippen LogP contribution < -0.4 is 4.74 Å². The monoisotopic (exact) mass is 592 g/mol. The fourth-order valence-electron chi connectivity index (χ4n) is 5.96. The van der Waals surface area contributed by atoms with E-state index in [1.807, 2.05) is 51.3 Å². The van der Waals surface area contributed by atoms with E-state index in [9.17, 15) is 9.59 Å². The molecule has 3 aromatic rings. The second-order valence-corrected chi connectivity index (χ2v) is 14.4. The highest BCUT2D eigenvalue weighted by Crippen LogP contribution is 2.55. The normalized spacial score (nSPS) is 21.0. The van der Waals surface area contributed by atoms with Crippen LogP contribution >= 0.6 is 11.3 Å². The van der Waals surface area contributed by atoms with Gasteiger partial charge in [-0.25, -0.2) is 9.78 Å². The van der Waals surface area contributed by atoms with Gasteiger partial charge in [0, 0.05) is 41.6 Å². The Balaban J connectivity index is 1.97. The van der Waals surface area contributed by atoms with E-state index in [1.165, 1.54) is 11.3 Å². The minimum atomic E-state index is -1.26. The van der Waals surface area contributed by atoms with Crippen LogP contribution in [0.2, 0.25) is 0 Å². The van der Waals surface area contributed by atoms with Gasteiger partial charge in [0.15, 0.2) is 0 Å². The second kappa shape index (κ2) is 12.1. The number of likely N-dealkylation sites (tertiary alicyclic amines) is 1. The summed E-state index contributed by atoms with van der Waals surface area (Å²) >= 11 is 1.47. The highest BCUT2D eigenvalue weighted by Gasteiger charge is 2.61. The molecule has 1 aromatic carbocycles. The summed E-state index contributed by atoms with van der Waals surface area (Å²) in [6.07, 6.45) is 7.49. The van der Waals surface area contributed by atoms with Crippen molar-refractivity contribution in [1.29, 1.82) is 0 Å². The first-order chi connectivity index (χ1) is 19.7. The zero-order valence-corrected chi connectivity index (χ0v) is 27.1. The first-order valence-corrected chi connectivity index (χ1v) is 15.6. The summed E-state index contributed by atoms with van der Waals surface area (Å²) in [6, 6.07) is 5.08. The lowest BCUT2D eigenvalue weighted by atomic mass is 9.82. The lowest BCUT2D eigenvalue weighted by Crippen LogP contribution is -2.56. The van der Waals surface area contributed by atoms with E-state index < -0.39 is 23.2 Å². The standard InChI is InChI=1S/C33H44N4O4S/c1-10-40-26-17-22(11-12-24(26)31(4,5)6)29(38)37-27(28-36-15-16-42-28)23(25-20-34-13-14-35-25)19-33(37,18-21(2)3)30(39)41-32(7,8)9/h11-17,20-21,23,27H,10,18-19H2,1-9H3/t23-,27-,33+/m1/s1. The summed E-state index contributed by atoms with van der Waals surface area (Å²) in [7, 11) is 0. The average Bonchev–Trinajstić information content (AvgIpc) is 3.54. The van der Waals surface area contributed by atoms with Gasteiger partial charge < -0.3 is 14.4 Å². The Morgan fingerprint density at radius 2 is 1.83 bits per heavy atom. The average molecular weight is 593 g/mol. The maximum atomic E-state index is 14.9. The van der Waals surface area contributed by atoms with Crippen molar-refractivity contribution in [3.8, 4) is 5.75 Å². The summed E-state index contributed by atoms with van der Waals surface area (Å²) in [5.74, 6) is -0.248. The molecule has 0 aliphatic carbocycles. The molecule has 1 saturated heterocycles. The van der Waals surface area contributed by atoms with Crippen molar-refractivity contribution in [3.05, 3.63) is 70.2 Å². The highest BCUT2D eigenvalue weighted by atomic mass is 32.1. The molecule has 1 fully saturated rings. The molecular weight excluding hydrogens is 548 g/mol. The Morgan fingerprint density at radius 1 is 1.10 bits per heavy atom. The van der Waals surface area contributed by atoms with Gasteiger partial charge in [-0.15, -0.1) is 11.3 Å². The fourth-order valence-corrected chi connectivity index (χ4v) is 6.75. The number of nitrogens with zero attached hydrogens (tertiary/aromatic N) is 4. The Labute approximate surface area is 253 Å². The Kier molecular flexibility index (Phi) is 9.11. The molecule has 3 heterocycles. The number of esters is 1. The molecule has 0 saturated carbocycles. The number of aromatic nitrogens is 3. The molecule has 42 heavy (non-hydrogen) atoms. The number of hydrogen-bond acceptors (Lipinski definition) is 8. The Hall–Kier alpha value is -3.33. The molecule has 0 bridgehead atoms. The Bertz CT molecular complexity index is 1380. The number of carbonyl (C=O) groups excluding carboxylic acids is 2. The quantitative estimate of drug-likeness (QED) is 0.257. The highest BCUT2D eigenvalue weighted by molar-refractivity contribution is 7.09. The lowest BCUT2D eigenvalue weighted by Gasteiger charge is -2.41. The molecule has 0 spiro atoms. The van der Waals surface area contributed by atoms with E-state index in [4.69, 9.17) is 9.47 Å². The van der Waals surface area contributed by atoms with E-state index in [1.54, 1.807) is 29.7 Å². The maximum absolute atomic E-state index is 14.9. The van der Waals surface area contributed by atoms with Crippen LogP contribution in [0.3, 0.4) is 0 Å². The van der Waals surface area contributed by atoms with Gasteiger partial charge in [0.05, 0.1) is 18.3 Å². The topological polar surface area (TPSA) is 94.5 Å². The molecule has 226 valence electrons. The van der Waals surface area contributed by atoms with Crippen molar-refractivity contribution in [3.63, 3.8) is 0 Å². The fraction of sp³-hybridized carbons (Fsp3) is 0.545. The van der Waals surface area contributed by atoms with E-state index >= 15 is 0 Å². The van der Waals surface area contributed by atoms with Crippen LogP contribution in [0.1, 0.15) is 114 Å². The number of hydrogen-bond donors (Lipinski definition) is 0. The van der Waals surface area contributed by atoms with Crippen LogP contribution in [0, 0.1) is 5.92 Å². The van der Waals surface area contributed by atoms with Crippen molar-refractivity contribution < 1.29 is 19.1 Å². The molecule has 0 unspecified atom stereocenters. The third kappa shape index (κ3) is 6.51. The molecule has 0 radical (unpaired) electrons. The molecular formula is C33H44N4O4S. The zero-order valence-electron chi connectivity index (χ0n) is 26.3. The number of ether oxygens (including phenoxy) is 2. The summed E-state index contributed by atoms with van der Waals surface area (Å²) in [6.45, 7) is 18.4. The zero-order chi connectivity index (χ0) is 30.9. The van der Waals surface area contributed by atoms with Gasteiger partial charge in [-0.05, 0) is 69.6 Å². The van der Waals surface area contributed by atoms with Crippen LogP contribution in [-0.2, 0) is 14.9 Å². The van der Waals surface area contributed by atoms with Crippen molar-refractivity contribution >= 4 is 23.2 Å². The van der Waals surface area contributed by atoms with Crippen LogP contribution in [0.5, 0.6) is 5.75 Å². The maximum Gasteiger partial charge on any atom is 0.332 e. The molecule has 0 N–H and O–H groups in total. The summed E-state index contributed by atoms with van der Waals surface area (Å²) in [4.78, 5) is 44.7. The van der Waals surface area contributed by atoms with Crippen molar-refractivity contribution in [1.82, 2.24) is 19.9 Å². The van der Waals surface area contributed by atoms with Crippen LogP contribution in [0.4, 0.5) is 0 Å². The third-order valence-corrected chi connectivity index (χ3v) is 8.27. The van der Waals surface area contributed by atoms with Crippen molar-refractivity contribution in [2.75, 3.05) is 6.61 Å². The molecule has 1 amide bonds. The SMILES string of the molecule is CCOc1cc(C(=O)N2[C@@H](c3nccs3)[C@@H](c3cnccn3)C[C@@]2(CC(C)C)C(=O)OC(C)(C)C)ccc1C(C)(C)C. The largest absolute Gasteiger partial charge is 0.494 e. The second-order valence-electron chi connectivity index (χ2n) is 13.5. The summed E-state index contributed by atoms with van der Waals surface area (Å²) in [5, 5.41) is 2.64. The van der Waals surface area contributed by atoms with Gasteiger partial charge in [-0.2, -0.15) is 0 Å². The van der Waals surface area contributed by atoms with Crippen LogP contribution in [0.15, 0.2) is 48.4 Å². The molecule has 2 aromatic heterocycles. The van der Waals surface area contributed by atoms with Crippen molar-refractivity contribution in [2.24, 2.45) is 5.92 Å². The molecule has 4 rings (SSSR count). The predicted octanol–water partition coefficient (Wildman–Crippen LogP) is 7.13. The van der Waals surface area contributed by atoms with Crippen LogP contribution in [0.25, 0.3) is 0 Å². The van der Waals surface area contributed by atoms with Gasteiger partial charge in [0.25, 0.3) is 5.91 Å². The van der Waals surface area contributed by atoms with E-state index in [0.717, 1.165) is 10.6 Å². The number of amides is 1. The first-order valence-electron chi connectivity index (χ1n) is 14.7. The van der Waals surface area contributed by atoms with Gasteiger partial charge in [0.1, 0.15) is 21.9 Å². The summed E-state index contributed by atoms with van der Waals surface area (Å²) in [5.41, 5.74) is -0.0128. The molecule has 1 aliphatic rings. The number of rotatable bonds is 8. The smallest absolute Gasteiger partial charge is 0.332 e. The van der Waals surface area contributed by atoms with Gasteiger partial charge in [-0.1, -0.05) is 40.7 Å². The van der Waals surface area contributed by atoms with E-state index in [0.29, 0.717) is 36.5 Å². The molecule has 1 aliphatic heterocycles. The summed E-state index contributed by atoms with van der Waals surface area (Å²) < 4.78 is 12.2. The third-order valence-electron chi connectivity index (χ3n) is 7.43. The van der Waals surface area contributed by atoms with E-state index in [-0.39, 0.29) is 23.2 Å². The number of benzene rings is 1. The molecule has 8 nitrogen and oxygen atoms in total. The minimum absolute atomic E-state index is 0.0904. The Morgan fingerprint density at radius 3 is 2.38 bits per heavy atom. The lowest BCUT2D eigenvalue weighted by molar-refractivity contribution is -0.168. The molecule has 3 atom stereocenters. The first kappa shape index (κ1) is 31.6. The van der Waals surface area contributed by atoms with Gasteiger partial charge in [0.2, 0.25) is 0 Å². The minimum Gasteiger partial charge on any atom is -0.494 e. The van der Waals surface area contributed by atoms with Gasteiger partial charge >= 0.3 is 5.97 Å². The van der Waals surface area contributed by atoms with Crippen LogP contribution in [-0.4, -0.2) is 49.5 Å². The van der Waals surface area contributed by atoms with Crippen molar-refractivity contribution in [2.45, 2.75) is 104 Å². The van der Waals surface area contributed by atoms with E-state index in [2.05, 4.69) is 49.6 Å². The number of thiazole rings is 1. The molecule has 9 heteroatoms.